The number of hydrogen-bond donors (Lipinski definition) is 1. The fourth-order valence-electron chi connectivity index (χ4n) is 0.935. The van der Waals surface area contributed by atoms with Crippen LogP contribution in [0.5, 0.6) is 0 Å². The monoisotopic (exact) mass is 231 g/mol. The first-order chi connectivity index (χ1) is 5.52. The van der Waals surface area contributed by atoms with Gasteiger partial charge in [-0.3, -0.25) is 4.79 Å². The second kappa shape index (κ2) is 3.23. The summed E-state index contributed by atoms with van der Waals surface area (Å²) in [7, 11) is 0. The third kappa shape index (κ3) is 1.64. The van der Waals surface area contributed by atoms with Crippen molar-refractivity contribution in [3.63, 3.8) is 0 Å². The van der Waals surface area contributed by atoms with Crippen LogP contribution in [0.25, 0.3) is 0 Å². The average Bonchev–Trinajstić information content (AvgIpc) is 1.82. The van der Waals surface area contributed by atoms with Gasteiger partial charge >= 0.3 is 0 Å². The number of hydrogen-bond acceptors (Lipinski definition) is 1. The third-order valence-electron chi connectivity index (χ3n) is 1.43. The minimum atomic E-state index is -0.764. The number of nitrogens with two attached hydrogens (primary N) is 1. The van der Waals surface area contributed by atoms with Crippen LogP contribution in [0.4, 0.5) is 4.39 Å². The highest BCUT2D eigenvalue weighted by atomic mass is 79.9. The van der Waals surface area contributed by atoms with Gasteiger partial charge in [-0.25, -0.2) is 4.39 Å². The van der Waals surface area contributed by atoms with Crippen LogP contribution in [0.15, 0.2) is 16.6 Å². The second-order valence-electron chi connectivity index (χ2n) is 2.47. The van der Waals surface area contributed by atoms with E-state index in [4.69, 9.17) is 5.73 Å². The maximum Gasteiger partial charge on any atom is 0.252 e. The van der Waals surface area contributed by atoms with Gasteiger partial charge in [-0.1, -0.05) is 0 Å². The molecule has 12 heavy (non-hydrogen) atoms. The summed E-state index contributed by atoms with van der Waals surface area (Å²) in [5.41, 5.74) is 5.60. The van der Waals surface area contributed by atoms with Gasteiger partial charge in [0.05, 0.1) is 5.56 Å². The van der Waals surface area contributed by atoms with Crippen molar-refractivity contribution in [2.45, 2.75) is 6.92 Å². The molecular formula is C8H7BrFNO. The molecule has 0 radical (unpaired) electrons. The fraction of sp³-hybridized carbons (Fsp3) is 0.125. The van der Waals surface area contributed by atoms with E-state index >= 15 is 0 Å². The largest absolute Gasteiger partial charge is 0.365 e. The first-order valence-electron chi connectivity index (χ1n) is 3.28. The Morgan fingerprint density at radius 1 is 1.58 bits per heavy atom. The zero-order chi connectivity index (χ0) is 9.30. The summed E-state index contributed by atoms with van der Waals surface area (Å²) in [6.07, 6.45) is 0. The molecule has 0 atom stereocenters. The van der Waals surface area contributed by atoms with Gasteiger partial charge in [-0.05, 0) is 40.5 Å². The molecule has 0 aliphatic carbocycles. The molecule has 0 spiro atoms. The number of aryl methyl sites for hydroxylation is 1. The molecule has 0 unspecified atom stereocenters. The van der Waals surface area contributed by atoms with E-state index in [0.717, 1.165) is 5.56 Å². The molecule has 1 amide bonds. The Bertz CT molecular complexity index is 315. The molecule has 1 aromatic rings. The third-order valence-corrected chi connectivity index (χ3v) is 2.06. The quantitative estimate of drug-likeness (QED) is 0.790. The van der Waals surface area contributed by atoms with Crippen molar-refractivity contribution in [1.29, 1.82) is 0 Å². The lowest BCUT2D eigenvalue weighted by molar-refractivity contribution is 0.0995. The van der Waals surface area contributed by atoms with E-state index in [1.54, 1.807) is 13.0 Å². The van der Waals surface area contributed by atoms with Gasteiger partial charge in [0.15, 0.2) is 0 Å². The summed E-state index contributed by atoms with van der Waals surface area (Å²) in [5.74, 6) is -1.35. The Morgan fingerprint density at radius 3 is 2.58 bits per heavy atom. The van der Waals surface area contributed by atoms with Gasteiger partial charge in [0.2, 0.25) is 0 Å². The first kappa shape index (κ1) is 9.19. The van der Waals surface area contributed by atoms with Gasteiger partial charge in [-0.2, -0.15) is 0 Å². The molecule has 2 N–H and O–H groups in total. The predicted octanol–water partition coefficient (Wildman–Crippen LogP) is 2.00. The molecule has 64 valence electrons. The summed E-state index contributed by atoms with van der Waals surface area (Å²) in [6, 6.07) is 2.91. The lowest BCUT2D eigenvalue weighted by atomic mass is 10.1. The normalized spacial score (nSPS) is 9.92. The molecule has 0 heterocycles. The van der Waals surface area contributed by atoms with Crippen LogP contribution >= 0.6 is 15.9 Å². The van der Waals surface area contributed by atoms with Crippen LogP contribution in [-0.2, 0) is 0 Å². The first-order valence-corrected chi connectivity index (χ1v) is 4.07. The van der Waals surface area contributed by atoms with Gasteiger partial charge in [0.1, 0.15) is 5.82 Å². The summed E-state index contributed by atoms with van der Waals surface area (Å²) >= 11 is 3.06. The number of benzene rings is 1. The van der Waals surface area contributed by atoms with Crippen LogP contribution in [-0.4, -0.2) is 5.91 Å². The Kier molecular flexibility index (Phi) is 2.47. The second-order valence-corrected chi connectivity index (χ2v) is 3.32. The molecule has 2 nitrogen and oxygen atoms in total. The van der Waals surface area contributed by atoms with E-state index in [0.29, 0.717) is 4.47 Å². The van der Waals surface area contributed by atoms with Crippen LogP contribution in [0.1, 0.15) is 15.9 Å². The molecule has 0 bridgehead atoms. The number of carbonyl (C=O) groups excluding carboxylic acids is 1. The van der Waals surface area contributed by atoms with E-state index in [-0.39, 0.29) is 5.56 Å². The van der Waals surface area contributed by atoms with Gasteiger partial charge in [0.25, 0.3) is 5.91 Å². The van der Waals surface area contributed by atoms with E-state index in [2.05, 4.69) is 15.9 Å². The number of carbonyl (C=O) groups is 1. The van der Waals surface area contributed by atoms with Crippen molar-refractivity contribution in [2.75, 3.05) is 0 Å². The van der Waals surface area contributed by atoms with Crippen LogP contribution in [0.3, 0.4) is 0 Å². The molecule has 0 aliphatic heterocycles. The SMILES string of the molecule is Cc1cc(F)c(C(N)=O)c(Br)c1. The van der Waals surface area contributed by atoms with Crippen molar-refractivity contribution in [3.05, 3.63) is 33.5 Å². The van der Waals surface area contributed by atoms with E-state index in [1.165, 1.54) is 6.07 Å². The highest BCUT2D eigenvalue weighted by Crippen LogP contribution is 2.21. The molecule has 0 aromatic heterocycles. The Balaban J connectivity index is 3.38. The van der Waals surface area contributed by atoms with Crippen molar-refractivity contribution in [1.82, 2.24) is 0 Å². The maximum atomic E-state index is 13.0. The number of primary amides is 1. The molecule has 0 fully saturated rings. The van der Waals surface area contributed by atoms with E-state index < -0.39 is 11.7 Å². The van der Waals surface area contributed by atoms with Crippen LogP contribution < -0.4 is 5.73 Å². The standard InChI is InChI=1S/C8H7BrFNO/c1-4-2-5(9)7(8(11)12)6(10)3-4/h2-3H,1H3,(H2,11,12). The van der Waals surface area contributed by atoms with Crippen LogP contribution in [0, 0.1) is 12.7 Å². The van der Waals surface area contributed by atoms with Crippen molar-refractivity contribution >= 4 is 21.8 Å². The summed E-state index contributed by atoms with van der Waals surface area (Å²) in [4.78, 5) is 10.7. The fourth-order valence-corrected chi connectivity index (χ4v) is 1.68. The summed E-state index contributed by atoms with van der Waals surface area (Å²) in [5, 5.41) is 0. The smallest absolute Gasteiger partial charge is 0.252 e. The predicted molar refractivity (Wildman–Crippen MR) is 47.4 cm³/mol. The molecule has 0 saturated carbocycles. The maximum absolute atomic E-state index is 13.0. The van der Waals surface area contributed by atoms with Crippen molar-refractivity contribution in [2.24, 2.45) is 5.73 Å². The number of halogens is 2. The van der Waals surface area contributed by atoms with Gasteiger partial charge < -0.3 is 5.73 Å². The van der Waals surface area contributed by atoms with E-state index in [1.807, 2.05) is 0 Å². The number of amides is 1. The lowest BCUT2D eigenvalue weighted by Crippen LogP contribution is -2.14. The average molecular weight is 232 g/mol. The zero-order valence-corrected chi connectivity index (χ0v) is 7.98. The van der Waals surface area contributed by atoms with Crippen molar-refractivity contribution in [3.8, 4) is 0 Å². The lowest BCUT2D eigenvalue weighted by Gasteiger charge is -2.02. The Hall–Kier alpha value is -0.900. The number of rotatable bonds is 1. The van der Waals surface area contributed by atoms with Crippen LogP contribution in [0.2, 0.25) is 0 Å². The molecular weight excluding hydrogens is 225 g/mol. The van der Waals surface area contributed by atoms with Gasteiger partial charge in [-0.15, -0.1) is 0 Å². The van der Waals surface area contributed by atoms with E-state index in [9.17, 15) is 9.18 Å². The minimum Gasteiger partial charge on any atom is -0.365 e. The summed E-state index contributed by atoms with van der Waals surface area (Å²) < 4.78 is 13.4. The molecule has 1 rings (SSSR count). The molecule has 1 aromatic carbocycles. The van der Waals surface area contributed by atoms with Gasteiger partial charge in [0, 0.05) is 4.47 Å². The Labute approximate surface area is 77.7 Å². The highest BCUT2D eigenvalue weighted by molar-refractivity contribution is 9.10. The topological polar surface area (TPSA) is 43.1 Å². The minimum absolute atomic E-state index is 0.0967. The molecule has 4 heteroatoms. The highest BCUT2D eigenvalue weighted by Gasteiger charge is 2.12. The molecule has 0 aliphatic rings. The Morgan fingerprint density at radius 2 is 2.17 bits per heavy atom. The summed E-state index contributed by atoms with van der Waals surface area (Å²) in [6.45, 7) is 1.73. The van der Waals surface area contributed by atoms with Crippen molar-refractivity contribution < 1.29 is 9.18 Å². The zero-order valence-electron chi connectivity index (χ0n) is 6.40. The molecule has 0 saturated heterocycles.